The van der Waals surface area contributed by atoms with Crippen molar-refractivity contribution in [3.05, 3.63) is 66.9 Å². The Hall–Kier alpha value is -3.74. The monoisotopic (exact) mass is 358 g/mol. The van der Waals surface area contributed by atoms with Gasteiger partial charge < -0.3 is 10.3 Å². The van der Waals surface area contributed by atoms with Gasteiger partial charge >= 0.3 is 0 Å². The molecule has 0 saturated heterocycles. The number of nitrogens with zero attached hydrogens (tertiary/aromatic N) is 5. The van der Waals surface area contributed by atoms with E-state index >= 15 is 0 Å². The first-order valence-corrected chi connectivity index (χ1v) is 8.43. The van der Waals surface area contributed by atoms with Gasteiger partial charge in [-0.3, -0.25) is 4.57 Å². The van der Waals surface area contributed by atoms with E-state index in [1.807, 2.05) is 52.7 Å². The highest BCUT2D eigenvalue weighted by Gasteiger charge is 2.16. The molecule has 3 aromatic heterocycles. The molecule has 0 radical (unpaired) electrons. The standard InChI is InChI=1S/C20H15FN6/c1-26-9-8-13-18(12-6-7-14(21)15(22)10-12)24-20(25-19(13)26)27-11-23-16-4-2-3-5-17(16)27/h2-11H,22H2,1H3. The minimum absolute atomic E-state index is 0.0878. The first kappa shape index (κ1) is 15.5. The highest BCUT2D eigenvalue weighted by molar-refractivity contribution is 5.92. The molecule has 0 fully saturated rings. The van der Waals surface area contributed by atoms with Crippen LogP contribution in [0.4, 0.5) is 10.1 Å². The summed E-state index contributed by atoms with van der Waals surface area (Å²) in [4.78, 5) is 13.9. The summed E-state index contributed by atoms with van der Waals surface area (Å²) < 4.78 is 17.4. The molecule has 0 unspecified atom stereocenters. The summed E-state index contributed by atoms with van der Waals surface area (Å²) in [5.41, 5.74) is 9.84. The molecule has 0 amide bonds. The lowest BCUT2D eigenvalue weighted by atomic mass is 10.1. The van der Waals surface area contributed by atoms with Crippen LogP contribution in [0, 0.1) is 5.82 Å². The third kappa shape index (κ3) is 2.36. The summed E-state index contributed by atoms with van der Waals surface area (Å²) in [6.45, 7) is 0. The number of para-hydroxylation sites is 2. The number of rotatable bonds is 2. The maximum absolute atomic E-state index is 13.6. The van der Waals surface area contributed by atoms with Crippen LogP contribution in [-0.2, 0) is 7.05 Å². The lowest BCUT2D eigenvalue weighted by Crippen LogP contribution is -2.03. The number of hydrogen-bond acceptors (Lipinski definition) is 4. The molecule has 3 heterocycles. The van der Waals surface area contributed by atoms with Crippen LogP contribution in [-0.4, -0.2) is 24.1 Å². The SMILES string of the molecule is Cn1ccc2c(-c3ccc(F)c(N)c3)nc(-n3cnc4ccccc43)nc21. The van der Waals surface area contributed by atoms with Crippen LogP contribution < -0.4 is 5.73 Å². The number of nitrogen functional groups attached to an aromatic ring is 1. The third-order valence-corrected chi connectivity index (χ3v) is 4.65. The molecule has 0 aliphatic carbocycles. The molecule has 0 spiro atoms. The first-order valence-electron chi connectivity index (χ1n) is 8.43. The lowest BCUT2D eigenvalue weighted by molar-refractivity contribution is 0.632. The Morgan fingerprint density at radius 2 is 1.89 bits per heavy atom. The normalized spacial score (nSPS) is 11.5. The van der Waals surface area contributed by atoms with Gasteiger partial charge in [0, 0.05) is 24.2 Å². The van der Waals surface area contributed by atoms with Gasteiger partial charge in [0.15, 0.2) is 0 Å². The van der Waals surface area contributed by atoms with E-state index in [2.05, 4.69) is 4.98 Å². The molecule has 5 aromatic rings. The van der Waals surface area contributed by atoms with E-state index in [-0.39, 0.29) is 5.69 Å². The van der Waals surface area contributed by atoms with Crippen molar-refractivity contribution in [3.8, 4) is 17.2 Å². The average molecular weight is 358 g/mol. The smallest absolute Gasteiger partial charge is 0.238 e. The van der Waals surface area contributed by atoms with E-state index in [9.17, 15) is 4.39 Å². The number of anilines is 1. The highest BCUT2D eigenvalue weighted by Crippen LogP contribution is 2.30. The van der Waals surface area contributed by atoms with Gasteiger partial charge in [-0.2, -0.15) is 4.98 Å². The second-order valence-electron chi connectivity index (χ2n) is 6.38. The Balaban J connectivity index is 1.82. The number of benzene rings is 2. The molecule has 132 valence electrons. The maximum atomic E-state index is 13.6. The average Bonchev–Trinajstić information content (AvgIpc) is 3.27. The van der Waals surface area contributed by atoms with E-state index in [4.69, 9.17) is 15.7 Å². The Labute approximate surface area is 153 Å². The molecule has 6 nitrogen and oxygen atoms in total. The minimum atomic E-state index is -0.446. The largest absolute Gasteiger partial charge is 0.396 e. The Kier molecular flexibility index (Phi) is 3.24. The second-order valence-corrected chi connectivity index (χ2v) is 6.38. The fraction of sp³-hybridized carbons (Fsp3) is 0.0500. The third-order valence-electron chi connectivity index (χ3n) is 4.65. The number of imidazole rings is 1. The fourth-order valence-electron chi connectivity index (χ4n) is 3.26. The molecule has 2 aromatic carbocycles. The number of fused-ring (bicyclic) bond motifs is 2. The lowest BCUT2D eigenvalue weighted by Gasteiger charge is -2.09. The molecule has 0 aliphatic heterocycles. The molecule has 0 bridgehead atoms. The summed E-state index contributed by atoms with van der Waals surface area (Å²) in [7, 11) is 1.92. The molecular weight excluding hydrogens is 343 g/mol. The van der Waals surface area contributed by atoms with Gasteiger partial charge in [-0.1, -0.05) is 12.1 Å². The van der Waals surface area contributed by atoms with Crippen molar-refractivity contribution >= 4 is 27.8 Å². The van der Waals surface area contributed by atoms with Crippen LogP contribution in [0.15, 0.2) is 61.1 Å². The zero-order valence-electron chi connectivity index (χ0n) is 14.5. The Bertz CT molecular complexity index is 1320. The highest BCUT2D eigenvalue weighted by atomic mass is 19.1. The van der Waals surface area contributed by atoms with E-state index < -0.39 is 5.82 Å². The molecule has 5 rings (SSSR count). The van der Waals surface area contributed by atoms with Crippen molar-refractivity contribution < 1.29 is 4.39 Å². The van der Waals surface area contributed by atoms with E-state index in [1.165, 1.54) is 6.07 Å². The number of halogens is 1. The fourth-order valence-corrected chi connectivity index (χ4v) is 3.26. The minimum Gasteiger partial charge on any atom is -0.396 e. The van der Waals surface area contributed by atoms with Gasteiger partial charge in [0.1, 0.15) is 17.8 Å². The van der Waals surface area contributed by atoms with Gasteiger partial charge in [-0.15, -0.1) is 0 Å². The topological polar surface area (TPSA) is 74.6 Å². The molecule has 0 aliphatic rings. The second kappa shape index (κ2) is 5.63. The summed E-state index contributed by atoms with van der Waals surface area (Å²) in [5, 5.41) is 0.872. The van der Waals surface area contributed by atoms with Crippen LogP contribution in [0.2, 0.25) is 0 Å². The predicted octanol–water partition coefficient (Wildman–Crippen LogP) is 3.70. The van der Waals surface area contributed by atoms with E-state index in [1.54, 1.807) is 18.5 Å². The van der Waals surface area contributed by atoms with Crippen LogP contribution in [0.5, 0.6) is 0 Å². The van der Waals surface area contributed by atoms with Crippen molar-refractivity contribution in [2.24, 2.45) is 7.05 Å². The first-order chi connectivity index (χ1) is 13.1. The maximum Gasteiger partial charge on any atom is 0.238 e. The molecule has 27 heavy (non-hydrogen) atoms. The zero-order chi connectivity index (χ0) is 18.5. The van der Waals surface area contributed by atoms with Crippen molar-refractivity contribution in [1.29, 1.82) is 0 Å². The van der Waals surface area contributed by atoms with E-state index in [0.717, 1.165) is 27.6 Å². The molecule has 0 atom stereocenters. The summed E-state index contributed by atoms with van der Waals surface area (Å²) >= 11 is 0. The van der Waals surface area contributed by atoms with Gasteiger partial charge in [-0.05, 0) is 36.4 Å². The number of hydrogen-bond donors (Lipinski definition) is 1. The number of nitrogens with two attached hydrogens (primary N) is 1. The van der Waals surface area contributed by atoms with E-state index in [0.29, 0.717) is 11.6 Å². The number of aromatic nitrogens is 5. The van der Waals surface area contributed by atoms with Crippen molar-refractivity contribution in [1.82, 2.24) is 24.1 Å². The van der Waals surface area contributed by atoms with Gasteiger partial charge in [0.2, 0.25) is 5.95 Å². The Morgan fingerprint density at radius 3 is 2.74 bits per heavy atom. The summed E-state index contributed by atoms with van der Waals surface area (Å²) in [6, 6.07) is 14.4. The zero-order valence-corrected chi connectivity index (χ0v) is 14.5. The molecule has 0 saturated carbocycles. The van der Waals surface area contributed by atoms with Crippen LogP contribution in [0.3, 0.4) is 0 Å². The predicted molar refractivity (Wildman–Crippen MR) is 103 cm³/mol. The summed E-state index contributed by atoms with van der Waals surface area (Å²) in [6.07, 6.45) is 3.63. The van der Waals surface area contributed by atoms with Crippen molar-refractivity contribution in [2.45, 2.75) is 0 Å². The van der Waals surface area contributed by atoms with Crippen LogP contribution in [0.25, 0.3) is 39.3 Å². The molecule has 2 N–H and O–H groups in total. The molecule has 7 heteroatoms. The van der Waals surface area contributed by atoms with Crippen molar-refractivity contribution in [2.75, 3.05) is 5.73 Å². The van der Waals surface area contributed by atoms with Gasteiger partial charge in [-0.25, -0.2) is 14.4 Å². The quantitative estimate of drug-likeness (QED) is 0.488. The Morgan fingerprint density at radius 1 is 1.04 bits per heavy atom. The van der Waals surface area contributed by atoms with Gasteiger partial charge in [0.25, 0.3) is 0 Å². The van der Waals surface area contributed by atoms with Crippen LogP contribution in [0.1, 0.15) is 0 Å². The summed E-state index contributed by atoms with van der Waals surface area (Å²) in [5.74, 6) is 0.0498. The molecular formula is C20H15FN6. The van der Waals surface area contributed by atoms with Gasteiger partial charge in [0.05, 0.1) is 22.4 Å². The van der Waals surface area contributed by atoms with Crippen LogP contribution >= 0.6 is 0 Å². The number of aryl methyl sites for hydroxylation is 1. The van der Waals surface area contributed by atoms with Crippen molar-refractivity contribution in [3.63, 3.8) is 0 Å².